The van der Waals surface area contributed by atoms with Crippen LogP contribution in [0.5, 0.6) is 0 Å². The Kier molecular flexibility index (Phi) is 11.3. The van der Waals surface area contributed by atoms with Gasteiger partial charge in [0.15, 0.2) is 0 Å². The zero-order valence-electron chi connectivity index (χ0n) is 25.0. The first-order valence-corrected chi connectivity index (χ1v) is 16.1. The number of hydrogen-bond acceptors (Lipinski definition) is 4. The molecule has 4 aromatic carbocycles. The van der Waals surface area contributed by atoms with Crippen LogP contribution in [-0.2, 0) is 32.6 Å². The Morgan fingerprint density at radius 3 is 2.11 bits per heavy atom. The van der Waals surface area contributed by atoms with E-state index >= 15 is 0 Å². The number of amides is 2. The van der Waals surface area contributed by atoms with Crippen molar-refractivity contribution in [3.8, 4) is 0 Å². The zero-order valence-corrected chi connectivity index (χ0v) is 25.8. The molecule has 0 unspecified atom stereocenters. The minimum absolute atomic E-state index is 0.0957. The fourth-order valence-electron chi connectivity index (χ4n) is 4.92. The van der Waals surface area contributed by atoms with E-state index in [1.165, 1.54) is 17.0 Å². The van der Waals surface area contributed by atoms with Crippen molar-refractivity contribution in [3.05, 3.63) is 132 Å². The molecule has 0 spiro atoms. The van der Waals surface area contributed by atoms with Gasteiger partial charge in [0.1, 0.15) is 18.4 Å². The van der Waals surface area contributed by atoms with Crippen LogP contribution in [0.15, 0.2) is 114 Å². The maximum Gasteiger partial charge on any atom is 0.264 e. The number of unbranched alkanes of at least 4 members (excludes halogenated alkanes) is 1. The number of carbonyl (C=O) groups excluding carboxylic acids is 2. The summed E-state index contributed by atoms with van der Waals surface area (Å²) in [4.78, 5) is 29.5. The third-order valence-electron chi connectivity index (χ3n) is 7.26. The van der Waals surface area contributed by atoms with Gasteiger partial charge in [-0.15, -0.1) is 0 Å². The number of para-hydroxylation sites is 1. The Morgan fingerprint density at radius 1 is 0.841 bits per heavy atom. The zero-order chi connectivity index (χ0) is 31.5. The van der Waals surface area contributed by atoms with Gasteiger partial charge in [-0.25, -0.2) is 12.8 Å². The van der Waals surface area contributed by atoms with E-state index in [1.807, 2.05) is 68.4 Å². The summed E-state index contributed by atoms with van der Waals surface area (Å²) < 4.78 is 42.6. The Labute approximate surface area is 259 Å². The van der Waals surface area contributed by atoms with Crippen molar-refractivity contribution in [2.75, 3.05) is 17.4 Å². The number of nitrogens with zero attached hydrogens (tertiary/aromatic N) is 2. The van der Waals surface area contributed by atoms with E-state index in [2.05, 4.69) is 5.32 Å². The highest BCUT2D eigenvalue weighted by Gasteiger charge is 2.34. The number of hydrogen-bond donors (Lipinski definition) is 1. The standard InChI is InChI=1S/C35H38FN3O4S/c1-3-4-22-37-35(41)33(24-28-13-7-5-8-14-28)38(25-29-15-11-12-27(2)23-29)34(40)26-39(31-16-9-6-10-17-31)44(42,43)32-20-18-30(36)19-21-32/h5-21,23,33H,3-4,22,24-26H2,1-2H3,(H,37,41)/t33-/m0/s1. The summed E-state index contributed by atoms with van der Waals surface area (Å²) in [5.74, 6) is -1.43. The summed E-state index contributed by atoms with van der Waals surface area (Å²) in [5, 5.41) is 2.98. The van der Waals surface area contributed by atoms with Gasteiger partial charge >= 0.3 is 0 Å². The van der Waals surface area contributed by atoms with Crippen molar-refractivity contribution >= 4 is 27.5 Å². The first-order valence-electron chi connectivity index (χ1n) is 14.7. The smallest absolute Gasteiger partial charge is 0.264 e. The highest BCUT2D eigenvalue weighted by molar-refractivity contribution is 7.92. The molecule has 9 heteroatoms. The maximum absolute atomic E-state index is 14.4. The molecular formula is C35H38FN3O4S. The Morgan fingerprint density at radius 2 is 1.48 bits per heavy atom. The number of anilines is 1. The van der Waals surface area contributed by atoms with E-state index in [0.717, 1.165) is 46.0 Å². The van der Waals surface area contributed by atoms with Gasteiger partial charge in [-0.1, -0.05) is 91.7 Å². The molecule has 4 rings (SSSR count). The third-order valence-corrected chi connectivity index (χ3v) is 9.05. The lowest BCUT2D eigenvalue weighted by Gasteiger charge is -2.34. The van der Waals surface area contributed by atoms with Gasteiger partial charge in [-0.2, -0.15) is 0 Å². The number of aryl methyl sites for hydroxylation is 1. The van der Waals surface area contributed by atoms with Crippen LogP contribution in [0.1, 0.15) is 36.5 Å². The van der Waals surface area contributed by atoms with Crippen molar-refractivity contribution in [1.82, 2.24) is 10.2 Å². The van der Waals surface area contributed by atoms with E-state index in [4.69, 9.17) is 0 Å². The van der Waals surface area contributed by atoms with Crippen molar-refractivity contribution in [2.45, 2.75) is 50.6 Å². The molecule has 0 heterocycles. The lowest BCUT2D eigenvalue weighted by molar-refractivity contribution is -0.140. The molecule has 44 heavy (non-hydrogen) atoms. The predicted octanol–water partition coefficient (Wildman–Crippen LogP) is 5.89. The van der Waals surface area contributed by atoms with Crippen molar-refractivity contribution in [1.29, 1.82) is 0 Å². The molecule has 0 saturated heterocycles. The first kappa shape index (κ1) is 32.4. The number of sulfonamides is 1. The highest BCUT2D eigenvalue weighted by atomic mass is 32.2. The van der Waals surface area contributed by atoms with Crippen LogP contribution in [0.25, 0.3) is 0 Å². The molecule has 7 nitrogen and oxygen atoms in total. The molecule has 0 aromatic heterocycles. The Balaban J connectivity index is 1.77. The van der Waals surface area contributed by atoms with Crippen molar-refractivity contribution in [3.63, 3.8) is 0 Å². The van der Waals surface area contributed by atoms with E-state index < -0.39 is 34.3 Å². The molecule has 0 aliphatic carbocycles. The second-order valence-electron chi connectivity index (χ2n) is 10.7. The lowest BCUT2D eigenvalue weighted by Crippen LogP contribution is -2.53. The molecule has 1 N–H and O–H groups in total. The number of nitrogens with one attached hydrogen (secondary N) is 1. The summed E-state index contributed by atoms with van der Waals surface area (Å²) >= 11 is 0. The van der Waals surface area contributed by atoms with E-state index in [0.29, 0.717) is 6.54 Å². The summed E-state index contributed by atoms with van der Waals surface area (Å²) in [7, 11) is -4.28. The number of carbonyl (C=O) groups is 2. The highest BCUT2D eigenvalue weighted by Crippen LogP contribution is 2.25. The SMILES string of the molecule is CCCCNC(=O)[C@H](Cc1ccccc1)N(Cc1cccc(C)c1)C(=O)CN(c1ccccc1)S(=O)(=O)c1ccc(F)cc1. The van der Waals surface area contributed by atoms with Gasteiger partial charge in [0, 0.05) is 19.5 Å². The summed E-state index contributed by atoms with van der Waals surface area (Å²) in [6.07, 6.45) is 1.92. The molecule has 0 saturated carbocycles. The van der Waals surface area contributed by atoms with Crippen molar-refractivity contribution < 1.29 is 22.4 Å². The van der Waals surface area contributed by atoms with Gasteiger partial charge in [0.25, 0.3) is 10.0 Å². The number of rotatable bonds is 14. The Bertz CT molecular complexity index is 1630. The topological polar surface area (TPSA) is 86.8 Å². The summed E-state index contributed by atoms with van der Waals surface area (Å²) in [6.45, 7) is 3.96. The van der Waals surface area contributed by atoms with Gasteiger partial charge in [0.2, 0.25) is 11.8 Å². The largest absolute Gasteiger partial charge is 0.354 e. The molecule has 4 aromatic rings. The molecule has 2 amide bonds. The van der Waals surface area contributed by atoms with Gasteiger partial charge in [-0.05, 0) is 60.9 Å². The number of benzene rings is 4. The second-order valence-corrected chi connectivity index (χ2v) is 12.5. The summed E-state index contributed by atoms with van der Waals surface area (Å²) in [5.41, 5.74) is 2.94. The molecular weight excluding hydrogens is 577 g/mol. The minimum atomic E-state index is -4.28. The fraction of sp³-hybridized carbons (Fsp3) is 0.257. The van der Waals surface area contributed by atoms with Crippen molar-refractivity contribution in [2.24, 2.45) is 0 Å². The van der Waals surface area contributed by atoms with Crippen LogP contribution >= 0.6 is 0 Å². The molecule has 0 radical (unpaired) electrons. The lowest BCUT2D eigenvalue weighted by atomic mass is 10.0. The number of halogens is 1. The molecule has 230 valence electrons. The van der Waals surface area contributed by atoms with Crippen LogP contribution < -0.4 is 9.62 Å². The van der Waals surface area contributed by atoms with Crippen LogP contribution in [-0.4, -0.2) is 44.3 Å². The maximum atomic E-state index is 14.4. The van der Waals surface area contributed by atoms with E-state index in [1.54, 1.807) is 30.3 Å². The Hall–Kier alpha value is -4.50. The first-order chi connectivity index (χ1) is 21.2. The summed E-state index contributed by atoms with van der Waals surface area (Å²) in [6, 6.07) is 29.0. The van der Waals surface area contributed by atoms with Crippen LogP contribution in [0, 0.1) is 12.7 Å². The molecule has 1 atom stereocenters. The van der Waals surface area contributed by atoms with E-state index in [-0.39, 0.29) is 29.5 Å². The molecule has 0 bridgehead atoms. The second kappa shape index (κ2) is 15.3. The quantitative estimate of drug-likeness (QED) is 0.179. The van der Waals surface area contributed by atoms with Gasteiger partial charge < -0.3 is 10.2 Å². The monoisotopic (exact) mass is 615 g/mol. The van der Waals surface area contributed by atoms with Gasteiger partial charge in [0.05, 0.1) is 10.6 Å². The average Bonchev–Trinajstić information content (AvgIpc) is 3.02. The fourth-order valence-corrected chi connectivity index (χ4v) is 6.34. The average molecular weight is 616 g/mol. The molecule has 0 fully saturated rings. The van der Waals surface area contributed by atoms with Crippen LogP contribution in [0.4, 0.5) is 10.1 Å². The predicted molar refractivity (Wildman–Crippen MR) is 171 cm³/mol. The molecule has 0 aliphatic rings. The third kappa shape index (κ3) is 8.54. The van der Waals surface area contributed by atoms with Crippen LogP contribution in [0.3, 0.4) is 0 Å². The van der Waals surface area contributed by atoms with Gasteiger partial charge in [-0.3, -0.25) is 13.9 Å². The normalized spacial score (nSPS) is 11.9. The molecule has 0 aliphatic heterocycles. The van der Waals surface area contributed by atoms with Crippen LogP contribution in [0.2, 0.25) is 0 Å². The van der Waals surface area contributed by atoms with E-state index in [9.17, 15) is 22.4 Å². The minimum Gasteiger partial charge on any atom is -0.354 e.